The van der Waals surface area contributed by atoms with Gasteiger partial charge in [0, 0.05) is 18.9 Å². The summed E-state index contributed by atoms with van der Waals surface area (Å²) in [6.45, 7) is 0.522. The minimum atomic E-state index is -0.877. The number of aliphatic hydroxyl groups excluding tert-OH is 1. The molecule has 0 aromatic heterocycles. The average molecular weight is 510 g/mol. The van der Waals surface area contributed by atoms with E-state index >= 15 is 0 Å². The van der Waals surface area contributed by atoms with Gasteiger partial charge in [0.15, 0.2) is 23.0 Å². The molecule has 0 heterocycles. The molecule has 0 fully saturated rings. The van der Waals surface area contributed by atoms with Crippen LogP contribution in [-0.4, -0.2) is 53.6 Å². The predicted molar refractivity (Wildman–Crippen MR) is 141 cm³/mol. The van der Waals surface area contributed by atoms with Gasteiger partial charge in [-0.1, -0.05) is 18.2 Å². The fourth-order valence-electron chi connectivity index (χ4n) is 4.40. The van der Waals surface area contributed by atoms with Crippen LogP contribution in [0.5, 0.6) is 28.7 Å². The van der Waals surface area contributed by atoms with E-state index in [-0.39, 0.29) is 29.5 Å². The Morgan fingerprint density at radius 2 is 1.49 bits per heavy atom. The highest BCUT2D eigenvalue weighted by Gasteiger charge is 2.25. The Balaban J connectivity index is 1.80. The van der Waals surface area contributed by atoms with Crippen LogP contribution < -0.4 is 14.8 Å². The fraction of sp³-hybridized carbons (Fsp3) is 0.345. The largest absolute Gasteiger partial charge is 0.508 e. The quantitative estimate of drug-likeness (QED) is 0.235. The molecule has 3 rings (SSSR count). The fourth-order valence-corrected chi connectivity index (χ4v) is 4.40. The lowest BCUT2D eigenvalue weighted by molar-refractivity contribution is -0.122. The van der Waals surface area contributed by atoms with Crippen molar-refractivity contribution in [3.63, 3.8) is 0 Å². The van der Waals surface area contributed by atoms with Gasteiger partial charge >= 0.3 is 0 Å². The molecule has 0 spiro atoms. The third-order valence-corrected chi connectivity index (χ3v) is 6.30. The van der Waals surface area contributed by atoms with Gasteiger partial charge in [-0.05, 0) is 85.0 Å². The second-order valence-corrected chi connectivity index (χ2v) is 9.10. The molecule has 0 unspecified atom stereocenters. The maximum Gasteiger partial charge on any atom is 0.160 e. The second kappa shape index (κ2) is 13.0. The number of ketones is 1. The van der Waals surface area contributed by atoms with Crippen LogP contribution in [0.15, 0.2) is 54.6 Å². The minimum Gasteiger partial charge on any atom is -0.508 e. The summed E-state index contributed by atoms with van der Waals surface area (Å²) in [6, 6.07) is 15.0. The topological polar surface area (TPSA) is 128 Å². The number of aromatic hydroxyl groups is 3. The molecule has 5 N–H and O–H groups in total. The Morgan fingerprint density at radius 3 is 2.11 bits per heavy atom. The summed E-state index contributed by atoms with van der Waals surface area (Å²) in [4.78, 5) is 13.5. The van der Waals surface area contributed by atoms with Crippen molar-refractivity contribution in [2.45, 2.75) is 44.2 Å². The first kappa shape index (κ1) is 27.8. The molecule has 8 nitrogen and oxygen atoms in total. The third kappa shape index (κ3) is 7.62. The molecule has 0 bridgehead atoms. The highest BCUT2D eigenvalue weighted by atomic mass is 16.5. The zero-order valence-corrected chi connectivity index (χ0v) is 21.4. The first-order valence-corrected chi connectivity index (χ1v) is 12.1. The van der Waals surface area contributed by atoms with Gasteiger partial charge in [-0.25, -0.2) is 0 Å². The van der Waals surface area contributed by atoms with Gasteiger partial charge < -0.3 is 35.2 Å². The maximum absolute atomic E-state index is 13.5. The third-order valence-electron chi connectivity index (χ3n) is 6.30. The van der Waals surface area contributed by atoms with E-state index < -0.39 is 12.0 Å². The van der Waals surface area contributed by atoms with Gasteiger partial charge in [0.1, 0.15) is 11.5 Å². The van der Waals surface area contributed by atoms with Crippen LogP contribution in [0.3, 0.4) is 0 Å². The molecule has 2 atom stereocenters. The smallest absolute Gasteiger partial charge is 0.160 e. The summed E-state index contributed by atoms with van der Waals surface area (Å²) in [5.41, 5.74) is 3.13. The number of hydrogen-bond donors (Lipinski definition) is 5. The van der Waals surface area contributed by atoms with Gasteiger partial charge in [0.05, 0.1) is 20.3 Å². The molecule has 198 valence electrons. The molecule has 0 aliphatic carbocycles. The van der Waals surface area contributed by atoms with Crippen LogP contribution >= 0.6 is 0 Å². The van der Waals surface area contributed by atoms with Gasteiger partial charge in [-0.15, -0.1) is 0 Å². The van der Waals surface area contributed by atoms with Crippen molar-refractivity contribution >= 4 is 5.78 Å². The number of nitrogens with one attached hydrogen (secondary N) is 1. The summed E-state index contributed by atoms with van der Waals surface area (Å²) in [5, 5.41) is 43.8. The van der Waals surface area contributed by atoms with Crippen molar-refractivity contribution in [1.29, 1.82) is 0 Å². The molecule has 37 heavy (non-hydrogen) atoms. The standard InChI is InChI=1S/C29H35NO7/c1-30-17-20-10-21(15-23(32)11-20)24(12-19-6-9-26(34)29(14-19)37-3)27(35)16-22(31)7-4-18-5-8-25(33)28(13-18)36-2/h5-6,8-11,13-15,22,24,30-34H,4,7,12,16-17H2,1-3H3/t22-,24+/m0/s1. The Bertz CT molecular complexity index is 1210. The summed E-state index contributed by atoms with van der Waals surface area (Å²) >= 11 is 0. The Kier molecular flexibility index (Phi) is 9.77. The number of hydrogen-bond acceptors (Lipinski definition) is 8. The minimum absolute atomic E-state index is 0.00377. The first-order valence-electron chi connectivity index (χ1n) is 12.1. The monoisotopic (exact) mass is 509 g/mol. The van der Waals surface area contributed by atoms with Gasteiger partial charge in [-0.2, -0.15) is 0 Å². The van der Waals surface area contributed by atoms with Crippen LogP contribution in [0.1, 0.15) is 41.0 Å². The predicted octanol–water partition coefficient (Wildman–Crippen LogP) is 3.82. The molecule has 0 radical (unpaired) electrons. The van der Waals surface area contributed by atoms with Gasteiger partial charge in [-0.3, -0.25) is 4.79 Å². The molecular weight excluding hydrogens is 474 g/mol. The van der Waals surface area contributed by atoms with E-state index in [1.54, 1.807) is 43.4 Å². The van der Waals surface area contributed by atoms with E-state index in [1.165, 1.54) is 26.4 Å². The van der Waals surface area contributed by atoms with Crippen molar-refractivity contribution < 1.29 is 34.7 Å². The molecule has 0 aliphatic rings. The highest BCUT2D eigenvalue weighted by molar-refractivity contribution is 5.86. The molecule has 3 aromatic rings. The van der Waals surface area contributed by atoms with Crippen LogP contribution in [0.4, 0.5) is 0 Å². The number of aryl methyl sites for hydroxylation is 1. The van der Waals surface area contributed by atoms with E-state index in [0.717, 1.165) is 16.7 Å². The summed E-state index contributed by atoms with van der Waals surface area (Å²) < 4.78 is 10.4. The lowest BCUT2D eigenvalue weighted by atomic mass is 9.85. The number of phenols is 3. The van der Waals surface area contributed by atoms with Crippen LogP contribution in [-0.2, 0) is 24.2 Å². The molecule has 0 saturated heterocycles. The van der Waals surface area contributed by atoms with E-state index in [4.69, 9.17) is 9.47 Å². The van der Waals surface area contributed by atoms with Crippen molar-refractivity contribution in [3.8, 4) is 28.7 Å². The molecular formula is C29H35NO7. The van der Waals surface area contributed by atoms with Gasteiger partial charge in [0.2, 0.25) is 0 Å². The Labute approximate surface area is 217 Å². The van der Waals surface area contributed by atoms with Crippen molar-refractivity contribution in [3.05, 3.63) is 76.9 Å². The lowest BCUT2D eigenvalue weighted by Gasteiger charge is -2.20. The van der Waals surface area contributed by atoms with Crippen LogP contribution in [0.2, 0.25) is 0 Å². The number of aliphatic hydroxyl groups is 1. The SMILES string of the molecule is CNCc1cc(O)cc([C@@H](Cc2ccc(O)c(OC)c2)C(=O)C[C@@H](O)CCc2ccc(O)c(OC)c2)c1. The van der Waals surface area contributed by atoms with Crippen molar-refractivity contribution in [1.82, 2.24) is 5.32 Å². The first-order chi connectivity index (χ1) is 17.7. The maximum atomic E-state index is 13.5. The molecule has 8 heteroatoms. The molecule has 0 aliphatic heterocycles. The molecule has 0 saturated carbocycles. The molecule has 0 amide bonds. The van der Waals surface area contributed by atoms with E-state index in [9.17, 15) is 25.2 Å². The Hall–Kier alpha value is -3.75. The van der Waals surface area contributed by atoms with Crippen molar-refractivity contribution in [2.75, 3.05) is 21.3 Å². The number of methoxy groups -OCH3 is 2. The van der Waals surface area contributed by atoms with Crippen molar-refractivity contribution in [2.24, 2.45) is 0 Å². The number of ether oxygens (including phenoxy) is 2. The Morgan fingerprint density at radius 1 is 0.865 bits per heavy atom. The van der Waals surface area contributed by atoms with Gasteiger partial charge in [0.25, 0.3) is 0 Å². The van der Waals surface area contributed by atoms with E-state index in [1.807, 2.05) is 6.07 Å². The normalized spacial score (nSPS) is 12.6. The average Bonchev–Trinajstić information content (AvgIpc) is 2.87. The highest BCUT2D eigenvalue weighted by Crippen LogP contribution is 2.32. The van der Waals surface area contributed by atoms with E-state index in [0.29, 0.717) is 42.9 Å². The number of benzene rings is 3. The zero-order chi connectivity index (χ0) is 26.9. The zero-order valence-electron chi connectivity index (χ0n) is 21.4. The number of phenolic OH excluding ortho intramolecular Hbond substituents is 3. The second-order valence-electron chi connectivity index (χ2n) is 9.10. The lowest BCUT2D eigenvalue weighted by Crippen LogP contribution is -2.22. The number of Topliss-reactive ketones (excluding diaryl/α,β-unsaturated/α-hetero) is 1. The summed E-state index contributed by atoms with van der Waals surface area (Å²) in [5.74, 6) is -0.0214. The number of carbonyl (C=O) groups excluding carboxylic acids is 1. The van der Waals surface area contributed by atoms with Crippen LogP contribution in [0.25, 0.3) is 0 Å². The summed E-state index contributed by atoms with van der Waals surface area (Å²) in [7, 11) is 4.73. The number of rotatable bonds is 13. The summed E-state index contributed by atoms with van der Waals surface area (Å²) in [6.07, 6.45) is 0.220. The number of carbonyl (C=O) groups is 1. The molecule has 3 aromatic carbocycles. The van der Waals surface area contributed by atoms with E-state index in [2.05, 4.69) is 5.32 Å². The van der Waals surface area contributed by atoms with Crippen LogP contribution in [0, 0.1) is 0 Å².